The van der Waals surface area contributed by atoms with Gasteiger partial charge in [-0.05, 0) is 30.7 Å². The molecule has 0 aliphatic carbocycles. The number of aliphatic imine (C=N–C) groups is 1. The van der Waals surface area contributed by atoms with Crippen molar-refractivity contribution in [1.82, 2.24) is 9.80 Å². The van der Waals surface area contributed by atoms with Gasteiger partial charge in [-0.2, -0.15) is 0 Å². The summed E-state index contributed by atoms with van der Waals surface area (Å²) >= 11 is 0. The first-order chi connectivity index (χ1) is 14.0. The standard InChI is InChI=1S/C22H23N3O4/c1-15(2)28-22(27)25-12-10-24(11-13-25)14-19-21(26)29-20(23-19)18-9-5-7-16-6-3-4-8-17(16)18/h3-9,14-15H,10-13H2,1-2H3. The molecule has 0 atom stereocenters. The minimum absolute atomic E-state index is 0.141. The maximum Gasteiger partial charge on any atom is 0.410 e. The van der Waals surface area contributed by atoms with Crippen molar-refractivity contribution >= 4 is 28.7 Å². The number of piperazine rings is 1. The van der Waals surface area contributed by atoms with Crippen LogP contribution in [-0.4, -0.2) is 60.0 Å². The maximum atomic E-state index is 12.3. The number of esters is 1. The van der Waals surface area contributed by atoms with E-state index < -0.39 is 5.97 Å². The molecule has 150 valence electrons. The molecule has 4 rings (SSSR count). The molecule has 0 aromatic heterocycles. The summed E-state index contributed by atoms with van der Waals surface area (Å²) in [4.78, 5) is 32.4. The van der Waals surface area contributed by atoms with Crippen LogP contribution in [0.1, 0.15) is 19.4 Å². The number of carbonyl (C=O) groups is 2. The van der Waals surface area contributed by atoms with Gasteiger partial charge in [0.15, 0.2) is 5.70 Å². The van der Waals surface area contributed by atoms with Gasteiger partial charge in [0.25, 0.3) is 0 Å². The van der Waals surface area contributed by atoms with Gasteiger partial charge >= 0.3 is 12.1 Å². The summed E-state index contributed by atoms with van der Waals surface area (Å²) in [5, 5.41) is 2.05. The van der Waals surface area contributed by atoms with Crippen LogP contribution < -0.4 is 0 Å². The molecular formula is C22H23N3O4. The highest BCUT2D eigenvalue weighted by atomic mass is 16.6. The van der Waals surface area contributed by atoms with Crippen LogP contribution in [0.15, 0.2) is 59.4 Å². The molecule has 0 spiro atoms. The van der Waals surface area contributed by atoms with Crippen LogP contribution in [0.4, 0.5) is 4.79 Å². The number of rotatable bonds is 3. The Hall–Kier alpha value is -3.35. The van der Waals surface area contributed by atoms with Gasteiger partial charge in [-0.15, -0.1) is 0 Å². The largest absolute Gasteiger partial charge is 0.447 e. The molecule has 0 unspecified atom stereocenters. The van der Waals surface area contributed by atoms with E-state index in [2.05, 4.69) is 4.99 Å². The molecule has 2 aliphatic heterocycles. The van der Waals surface area contributed by atoms with Gasteiger partial charge in [-0.25, -0.2) is 14.6 Å². The highest BCUT2D eigenvalue weighted by molar-refractivity contribution is 6.16. The Bertz CT molecular complexity index is 999. The number of nitrogens with zero attached hydrogens (tertiary/aromatic N) is 3. The van der Waals surface area contributed by atoms with Gasteiger partial charge in [-0.3, -0.25) is 0 Å². The summed E-state index contributed by atoms with van der Waals surface area (Å²) in [6.45, 7) is 5.92. The average Bonchev–Trinajstić information content (AvgIpc) is 3.07. The zero-order valence-corrected chi connectivity index (χ0v) is 16.5. The average molecular weight is 393 g/mol. The molecule has 1 amide bonds. The van der Waals surface area contributed by atoms with E-state index in [0.29, 0.717) is 32.1 Å². The zero-order valence-electron chi connectivity index (χ0n) is 16.5. The zero-order chi connectivity index (χ0) is 20.4. The van der Waals surface area contributed by atoms with E-state index in [0.717, 1.165) is 16.3 Å². The van der Waals surface area contributed by atoms with Crippen LogP contribution in [0.5, 0.6) is 0 Å². The van der Waals surface area contributed by atoms with Gasteiger partial charge in [0, 0.05) is 37.9 Å². The lowest BCUT2D eigenvalue weighted by molar-refractivity contribution is -0.130. The number of cyclic esters (lactones) is 1. The predicted octanol–water partition coefficient (Wildman–Crippen LogP) is 3.15. The first-order valence-electron chi connectivity index (χ1n) is 9.71. The van der Waals surface area contributed by atoms with Crippen molar-refractivity contribution in [2.75, 3.05) is 26.2 Å². The van der Waals surface area contributed by atoms with Crippen LogP contribution in [0.25, 0.3) is 10.8 Å². The molecule has 2 heterocycles. The fourth-order valence-corrected chi connectivity index (χ4v) is 3.41. The first-order valence-corrected chi connectivity index (χ1v) is 9.71. The Balaban J connectivity index is 1.48. The molecule has 1 fully saturated rings. The highest BCUT2D eigenvalue weighted by Gasteiger charge is 2.27. The van der Waals surface area contributed by atoms with Crippen LogP contribution >= 0.6 is 0 Å². The van der Waals surface area contributed by atoms with E-state index in [-0.39, 0.29) is 17.9 Å². The van der Waals surface area contributed by atoms with Crippen LogP contribution in [0, 0.1) is 0 Å². The van der Waals surface area contributed by atoms with Crippen molar-refractivity contribution in [3.8, 4) is 0 Å². The fraction of sp³-hybridized carbons (Fsp3) is 0.318. The second kappa shape index (κ2) is 7.95. The third-order valence-electron chi connectivity index (χ3n) is 4.85. The van der Waals surface area contributed by atoms with Crippen molar-refractivity contribution in [1.29, 1.82) is 0 Å². The summed E-state index contributed by atoms with van der Waals surface area (Å²) < 4.78 is 10.7. The summed E-state index contributed by atoms with van der Waals surface area (Å²) in [6.07, 6.45) is 1.27. The van der Waals surface area contributed by atoms with Crippen molar-refractivity contribution in [3.63, 3.8) is 0 Å². The fourth-order valence-electron chi connectivity index (χ4n) is 3.41. The van der Waals surface area contributed by atoms with Crippen LogP contribution in [0.2, 0.25) is 0 Å². The van der Waals surface area contributed by atoms with Crippen LogP contribution in [-0.2, 0) is 14.3 Å². The molecule has 2 aliphatic rings. The Morgan fingerprint density at radius 2 is 1.83 bits per heavy atom. The molecule has 0 radical (unpaired) electrons. The van der Waals surface area contributed by atoms with Crippen LogP contribution in [0.3, 0.4) is 0 Å². The normalized spacial score (nSPS) is 18.4. The van der Waals surface area contributed by atoms with E-state index >= 15 is 0 Å². The molecule has 7 heteroatoms. The predicted molar refractivity (Wildman–Crippen MR) is 109 cm³/mol. The van der Waals surface area contributed by atoms with Gasteiger partial charge < -0.3 is 19.3 Å². The molecule has 7 nitrogen and oxygen atoms in total. The monoisotopic (exact) mass is 393 g/mol. The third-order valence-corrected chi connectivity index (χ3v) is 4.85. The van der Waals surface area contributed by atoms with Gasteiger partial charge in [0.05, 0.1) is 6.10 Å². The van der Waals surface area contributed by atoms with Gasteiger partial charge in [-0.1, -0.05) is 36.4 Å². The number of hydrogen-bond donors (Lipinski definition) is 0. The van der Waals surface area contributed by atoms with E-state index in [1.807, 2.05) is 61.2 Å². The Morgan fingerprint density at radius 1 is 1.10 bits per heavy atom. The molecule has 1 saturated heterocycles. The van der Waals surface area contributed by atoms with Crippen molar-refractivity contribution < 1.29 is 19.1 Å². The Kier molecular flexibility index (Phi) is 5.20. The number of fused-ring (bicyclic) bond motifs is 1. The molecule has 2 aromatic rings. The highest BCUT2D eigenvalue weighted by Crippen LogP contribution is 2.24. The number of amides is 1. The minimum atomic E-state index is -0.463. The van der Waals surface area contributed by atoms with Crippen molar-refractivity contribution in [2.24, 2.45) is 4.99 Å². The Morgan fingerprint density at radius 3 is 2.59 bits per heavy atom. The molecule has 0 bridgehead atoms. The molecule has 29 heavy (non-hydrogen) atoms. The van der Waals surface area contributed by atoms with E-state index in [9.17, 15) is 9.59 Å². The van der Waals surface area contributed by atoms with Gasteiger partial charge in [0.2, 0.25) is 5.90 Å². The lowest BCUT2D eigenvalue weighted by atomic mass is 10.0. The van der Waals surface area contributed by atoms with E-state index in [4.69, 9.17) is 9.47 Å². The maximum absolute atomic E-state index is 12.3. The van der Waals surface area contributed by atoms with E-state index in [1.165, 1.54) is 0 Å². The lowest BCUT2D eigenvalue weighted by Crippen LogP contribution is -2.47. The molecule has 0 saturated carbocycles. The number of carbonyl (C=O) groups excluding carboxylic acids is 2. The second-order valence-corrected chi connectivity index (χ2v) is 7.30. The van der Waals surface area contributed by atoms with Gasteiger partial charge in [0.1, 0.15) is 0 Å². The smallest absolute Gasteiger partial charge is 0.410 e. The van der Waals surface area contributed by atoms with Crippen molar-refractivity contribution in [2.45, 2.75) is 20.0 Å². The summed E-state index contributed by atoms with van der Waals surface area (Å²) in [7, 11) is 0. The van der Waals surface area contributed by atoms with Crippen molar-refractivity contribution in [3.05, 3.63) is 59.9 Å². The second-order valence-electron chi connectivity index (χ2n) is 7.30. The molecule has 2 aromatic carbocycles. The molecule has 0 N–H and O–H groups in total. The topological polar surface area (TPSA) is 71.4 Å². The quantitative estimate of drug-likeness (QED) is 0.592. The number of hydrogen-bond acceptors (Lipinski definition) is 6. The third kappa shape index (κ3) is 4.08. The summed E-state index contributed by atoms with van der Waals surface area (Å²) in [5.74, 6) is -0.147. The number of ether oxygens (including phenoxy) is 2. The number of benzene rings is 2. The first kappa shape index (κ1) is 19.0. The SMILES string of the molecule is CC(C)OC(=O)N1CCN(C=C2N=C(c3cccc4ccccc34)OC2=O)CC1. The van der Waals surface area contributed by atoms with E-state index in [1.54, 1.807) is 11.1 Å². The lowest BCUT2D eigenvalue weighted by Gasteiger charge is -2.33. The summed E-state index contributed by atoms with van der Waals surface area (Å²) in [5.41, 5.74) is 1.06. The molecular weight excluding hydrogens is 370 g/mol. The minimum Gasteiger partial charge on any atom is -0.447 e. The summed E-state index contributed by atoms with van der Waals surface area (Å²) in [6, 6.07) is 13.7. The Labute approximate surface area is 169 Å².